The summed E-state index contributed by atoms with van der Waals surface area (Å²) in [6.45, 7) is 0.194. The monoisotopic (exact) mass is 241 g/mol. The van der Waals surface area contributed by atoms with Gasteiger partial charge >= 0.3 is 0 Å². The highest BCUT2D eigenvalue weighted by atomic mass is 127. The summed E-state index contributed by atoms with van der Waals surface area (Å²) in [4.78, 5) is 2.52. The van der Waals surface area contributed by atoms with Crippen molar-refractivity contribution in [1.82, 2.24) is 0 Å². The van der Waals surface area contributed by atoms with Gasteiger partial charge < -0.3 is 5.11 Å². The lowest BCUT2D eigenvalue weighted by Gasteiger charge is -2.01. The van der Waals surface area contributed by atoms with Crippen molar-refractivity contribution in [3.8, 4) is 0 Å². The Kier molecular flexibility index (Phi) is 6.12. The van der Waals surface area contributed by atoms with E-state index in [2.05, 4.69) is 32.6 Å². The van der Waals surface area contributed by atoms with Crippen molar-refractivity contribution < 1.29 is 5.11 Å². The summed E-state index contributed by atoms with van der Waals surface area (Å²) in [6, 6.07) is 0. The Balaban J connectivity index is 3.25. The fourth-order valence-electron chi connectivity index (χ4n) is 0.348. The maximum atomic E-state index is 8.91. The number of aliphatic hydroxyl groups is 1. The van der Waals surface area contributed by atoms with E-state index in [1.54, 1.807) is 0 Å². The fourth-order valence-corrected chi connectivity index (χ4v) is 1.07. The van der Waals surface area contributed by atoms with E-state index in [0.29, 0.717) is 6.42 Å². The summed E-state index contributed by atoms with van der Waals surface area (Å²) < 4.78 is 0.889. The van der Waals surface area contributed by atoms with Crippen molar-refractivity contribution in [2.45, 2.75) is 12.5 Å². The highest BCUT2D eigenvalue weighted by Gasteiger charge is 1.98. The molecule has 0 bridgehead atoms. The highest BCUT2D eigenvalue weighted by molar-refractivity contribution is 14.1. The maximum Gasteiger partial charge on any atom is 0.0603 e. The van der Waals surface area contributed by atoms with E-state index in [-0.39, 0.29) is 6.54 Å². The molecule has 5 heteroatoms. The van der Waals surface area contributed by atoms with E-state index in [4.69, 9.17) is 10.6 Å². The SMILES string of the molecule is [N-]=[N+]=NC[C@@H](O)CCI. The van der Waals surface area contributed by atoms with Crippen molar-refractivity contribution in [1.29, 1.82) is 0 Å². The number of aliphatic hydroxyl groups excluding tert-OH is 1. The molecule has 0 aromatic carbocycles. The van der Waals surface area contributed by atoms with Crippen LogP contribution in [0.5, 0.6) is 0 Å². The largest absolute Gasteiger partial charge is 0.393 e. The first-order chi connectivity index (χ1) is 4.31. The highest BCUT2D eigenvalue weighted by Crippen LogP contribution is 1.96. The first kappa shape index (κ1) is 9.00. The molecule has 0 radical (unpaired) electrons. The Bertz CT molecular complexity index is 112. The van der Waals surface area contributed by atoms with E-state index in [9.17, 15) is 0 Å². The minimum atomic E-state index is -0.460. The van der Waals surface area contributed by atoms with Crippen molar-refractivity contribution in [2.24, 2.45) is 5.11 Å². The van der Waals surface area contributed by atoms with Gasteiger partial charge in [0.05, 0.1) is 12.6 Å². The van der Waals surface area contributed by atoms with E-state index in [0.717, 1.165) is 4.43 Å². The first-order valence-electron chi connectivity index (χ1n) is 2.56. The Morgan fingerprint density at radius 2 is 2.44 bits per heavy atom. The van der Waals surface area contributed by atoms with Gasteiger partial charge in [0.25, 0.3) is 0 Å². The van der Waals surface area contributed by atoms with Gasteiger partial charge in [-0.3, -0.25) is 0 Å². The van der Waals surface area contributed by atoms with E-state index < -0.39 is 6.10 Å². The Hall–Kier alpha value is 0. The van der Waals surface area contributed by atoms with Gasteiger partial charge in [-0.2, -0.15) is 0 Å². The summed E-state index contributed by atoms with van der Waals surface area (Å²) >= 11 is 2.16. The molecule has 1 N–H and O–H groups in total. The van der Waals surface area contributed by atoms with Crippen LogP contribution in [0.25, 0.3) is 10.4 Å². The number of alkyl halides is 1. The number of hydrogen-bond donors (Lipinski definition) is 1. The summed E-state index contributed by atoms with van der Waals surface area (Å²) in [5.41, 5.74) is 7.83. The molecule has 0 aliphatic rings. The minimum absolute atomic E-state index is 0.194. The van der Waals surface area contributed by atoms with Crippen LogP contribution >= 0.6 is 22.6 Å². The number of halogens is 1. The predicted molar refractivity (Wildman–Crippen MR) is 43.5 cm³/mol. The maximum absolute atomic E-state index is 8.91. The molecular weight excluding hydrogens is 233 g/mol. The van der Waals surface area contributed by atoms with Crippen molar-refractivity contribution >= 4 is 22.6 Å². The third-order valence-corrected chi connectivity index (χ3v) is 1.42. The van der Waals surface area contributed by atoms with Gasteiger partial charge in [-0.25, -0.2) is 0 Å². The van der Waals surface area contributed by atoms with Crippen molar-refractivity contribution in [2.75, 3.05) is 11.0 Å². The Morgan fingerprint density at radius 1 is 1.78 bits per heavy atom. The zero-order chi connectivity index (χ0) is 7.11. The molecule has 0 spiro atoms. The standard InChI is InChI=1S/C4H8IN3O/c5-2-1-4(9)3-7-8-6/h4,9H,1-3H2/t4-/m0/s1. The second-order valence-corrected chi connectivity index (χ2v) is 2.62. The lowest BCUT2D eigenvalue weighted by molar-refractivity contribution is 0.181. The lowest BCUT2D eigenvalue weighted by atomic mass is 10.3. The van der Waals surface area contributed by atoms with Crippen LogP contribution < -0.4 is 0 Å². The lowest BCUT2D eigenvalue weighted by Crippen LogP contribution is -2.10. The third-order valence-electron chi connectivity index (χ3n) is 0.798. The molecule has 0 rings (SSSR count). The number of rotatable bonds is 4. The molecule has 1 atom stereocenters. The molecule has 0 aliphatic heterocycles. The molecular formula is C4H8IN3O. The molecule has 4 nitrogen and oxygen atoms in total. The number of azide groups is 1. The van der Waals surface area contributed by atoms with Crippen molar-refractivity contribution in [3.05, 3.63) is 10.4 Å². The van der Waals surface area contributed by atoms with Gasteiger partial charge in [0, 0.05) is 9.34 Å². The molecule has 0 amide bonds. The Labute approximate surface area is 67.0 Å². The van der Waals surface area contributed by atoms with Crippen LogP contribution in [0.3, 0.4) is 0 Å². The molecule has 0 aliphatic carbocycles. The fraction of sp³-hybridized carbons (Fsp3) is 1.00. The average Bonchev–Trinajstić information content (AvgIpc) is 1.85. The smallest absolute Gasteiger partial charge is 0.0603 e. The van der Waals surface area contributed by atoms with Crippen LogP contribution in [0, 0.1) is 0 Å². The predicted octanol–water partition coefficient (Wildman–Crippen LogP) is 1.48. The molecule has 0 unspecified atom stereocenters. The van der Waals surface area contributed by atoms with E-state index in [1.807, 2.05) is 0 Å². The van der Waals surface area contributed by atoms with Gasteiger partial charge in [-0.15, -0.1) is 0 Å². The molecule has 0 saturated carbocycles. The van der Waals surface area contributed by atoms with Gasteiger partial charge in [-0.1, -0.05) is 27.7 Å². The molecule has 0 heterocycles. The second kappa shape index (κ2) is 6.12. The van der Waals surface area contributed by atoms with Crippen LogP contribution in [0.1, 0.15) is 6.42 Å². The second-order valence-electron chi connectivity index (χ2n) is 1.54. The van der Waals surface area contributed by atoms with E-state index in [1.165, 1.54) is 0 Å². The molecule has 0 aromatic heterocycles. The van der Waals surface area contributed by atoms with Crippen LogP contribution in [0.15, 0.2) is 5.11 Å². The van der Waals surface area contributed by atoms with Crippen LogP contribution in [0.2, 0.25) is 0 Å². The van der Waals surface area contributed by atoms with Gasteiger partial charge in [0.15, 0.2) is 0 Å². The average molecular weight is 241 g/mol. The summed E-state index contributed by atoms with van der Waals surface area (Å²) in [7, 11) is 0. The quantitative estimate of drug-likeness (QED) is 0.261. The topological polar surface area (TPSA) is 69.0 Å². The van der Waals surface area contributed by atoms with Crippen LogP contribution in [0.4, 0.5) is 0 Å². The summed E-state index contributed by atoms with van der Waals surface area (Å²) in [6.07, 6.45) is 0.234. The van der Waals surface area contributed by atoms with Crippen LogP contribution in [-0.4, -0.2) is 22.2 Å². The number of hydrogen-bond acceptors (Lipinski definition) is 2. The summed E-state index contributed by atoms with van der Waals surface area (Å²) in [5.74, 6) is 0. The van der Waals surface area contributed by atoms with Gasteiger partial charge in [-0.05, 0) is 12.0 Å². The van der Waals surface area contributed by atoms with Crippen LogP contribution in [-0.2, 0) is 0 Å². The molecule has 0 fully saturated rings. The first-order valence-corrected chi connectivity index (χ1v) is 4.08. The zero-order valence-electron chi connectivity index (χ0n) is 4.87. The normalized spacial score (nSPS) is 12.2. The van der Waals surface area contributed by atoms with E-state index >= 15 is 0 Å². The molecule has 9 heavy (non-hydrogen) atoms. The summed E-state index contributed by atoms with van der Waals surface area (Å²) in [5, 5.41) is 12.1. The van der Waals surface area contributed by atoms with Gasteiger partial charge in [0.1, 0.15) is 0 Å². The molecule has 0 saturated heterocycles. The number of nitrogens with zero attached hydrogens (tertiary/aromatic N) is 3. The zero-order valence-corrected chi connectivity index (χ0v) is 7.02. The van der Waals surface area contributed by atoms with Crippen molar-refractivity contribution in [3.63, 3.8) is 0 Å². The Morgan fingerprint density at radius 3 is 2.89 bits per heavy atom. The molecule has 0 aromatic rings. The van der Waals surface area contributed by atoms with Gasteiger partial charge in [0.2, 0.25) is 0 Å². The molecule has 52 valence electrons. The minimum Gasteiger partial charge on any atom is -0.393 e. The third kappa shape index (κ3) is 5.88.